The lowest BCUT2D eigenvalue weighted by atomic mass is 10.1. The van der Waals surface area contributed by atoms with Crippen molar-refractivity contribution in [3.63, 3.8) is 0 Å². The standard InChI is InChI=1S/C20H16ClN5O3S2/c21-16-11-23-26(13-16)12-14-1-3-15(4-2-14)19(27)24-17-5-7-18(8-6-17)31(28,29)25-20-22-9-10-30-20/h1-11,13H,12H2,(H,22,25)(H,24,27). The lowest BCUT2D eigenvalue weighted by Crippen LogP contribution is -2.14. The highest BCUT2D eigenvalue weighted by molar-refractivity contribution is 7.93. The first kappa shape index (κ1) is 21.0. The average molecular weight is 474 g/mol. The normalized spacial score (nSPS) is 11.3. The second-order valence-electron chi connectivity index (χ2n) is 6.47. The van der Waals surface area contributed by atoms with E-state index in [0.29, 0.717) is 22.8 Å². The van der Waals surface area contributed by atoms with Crippen molar-refractivity contribution in [2.45, 2.75) is 11.4 Å². The van der Waals surface area contributed by atoms with Crippen molar-refractivity contribution in [1.29, 1.82) is 0 Å². The van der Waals surface area contributed by atoms with Crippen LogP contribution in [0.1, 0.15) is 15.9 Å². The minimum absolute atomic E-state index is 0.0729. The Balaban J connectivity index is 1.39. The van der Waals surface area contributed by atoms with Gasteiger partial charge in [0, 0.05) is 29.0 Å². The van der Waals surface area contributed by atoms with Crippen LogP contribution in [0.15, 0.2) is 77.4 Å². The molecule has 1 amide bonds. The summed E-state index contributed by atoms with van der Waals surface area (Å²) in [4.78, 5) is 16.5. The highest BCUT2D eigenvalue weighted by Gasteiger charge is 2.15. The molecule has 2 aromatic heterocycles. The number of carbonyl (C=O) groups excluding carboxylic acids is 1. The van der Waals surface area contributed by atoms with Gasteiger partial charge < -0.3 is 5.32 Å². The first-order valence-corrected chi connectivity index (χ1v) is 11.7. The largest absolute Gasteiger partial charge is 0.322 e. The lowest BCUT2D eigenvalue weighted by Gasteiger charge is -2.09. The number of nitrogens with one attached hydrogen (secondary N) is 2. The van der Waals surface area contributed by atoms with Gasteiger partial charge >= 0.3 is 0 Å². The minimum atomic E-state index is -3.74. The quantitative estimate of drug-likeness (QED) is 0.420. The molecule has 0 spiro atoms. The van der Waals surface area contributed by atoms with Gasteiger partial charge in [-0.3, -0.25) is 14.2 Å². The van der Waals surface area contributed by atoms with Gasteiger partial charge in [-0.2, -0.15) is 5.10 Å². The number of thiazole rings is 1. The third-order valence-electron chi connectivity index (χ3n) is 4.24. The van der Waals surface area contributed by atoms with Crippen molar-refractivity contribution in [2.75, 3.05) is 10.0 Å². The van der Waals surface area contributed by atoms with E-state index in [0.717, 1.165) is 5.56 Å². The van der Waals surface area contributed by atoms with E-state index in [9.17, 15) is 13.2 Å². The van der Waals surface area contributed by atoms with Crippen molar-refractivity contribution < 1.29 is 13.2 Å². The summed E-state index contributed by atoms with van der Waals surface area (Å²) in [5, 5.41) is 9.41. The maximum absolute atomic E-state index is 12.5. The fourth-order valence-corrected chi connectivity index (χ4v) is 4.69. The third-order valence-corrected chi connectivity index (χ3v) is 6.61. The summed E-state index contributed by atoms with van der Waals surface area (Å²) >= 11 is 7.05. The van der Waals surface area contributed by atoms with Gasteiger partial charge in [0.05, 0.1) is 22.7 Å². The number of anilines is 2. The molecule has 31 heavy (non-hydrogen) atoms. The molecule has 0 aliphatic carbocycles. The lowest BCUT2D eigenvalue weighted by molar-refractivity contribution is 0.102. The number of halogens is 1. The van der Waals surface area contributed by atoms with Crippen molar-refractivity contribution >= 4 is 49.7 Å². The molecule has 0 radical (unpaired) electrons. The smallest absolute Gasteiger partial charge is 0.263 e. The zero-order chi connectivity index (χ0) is 21.8. The first-order chi connectivity index (χ1) is 14.9. The maximum Gasteiger partial charge on any atom is 0.263 e. The van der Waals surface area contributed by atoms with Crippen LogP contribution >= 0.6 is 22.9 Å². The van der Waals surface area contributed by atoms with Gasteiger partial charge in [0.15, 0.2) is 5.13 Å². The first-order valence-electron chi connectivity index (χ1n) is 9.00. The number of hydrogen-bond acceptors (Lipinski definition) is 6. The molecule has 2 aromatic carbocycles. The van der Waals surface area contributed by atoms with E-state index in [-0.39, 0.29) is 15.9 Å². The predicted molar refractivity (Wildman–Crippen MR) is 120 cm³/mol. The Morgan fingerprint density at radius 2 is 1.84 bits per heavy atom. The van der Waals surface area contributed by atoms with Gasteiger partial charge in [0.1, 0.15) is 0 Å². The SMILES string of the molecule is O=C(Nc1ccc(S(=O)(=O)Nc2nccs2)cc1)c1ccc(Cn2cc(Cl)cn2)cc1. The highest BCUT2D eigenvalue weighted by Crippen LogP contribution is 2.20. The summed E-state index contributed by atoms with van der Waals surface area (Å²) in [7, 11) is -3.74. The number of aromatic nitrogens is 3. The van der Waals surface area contributed by atoms with E-state index < -0.39 is 10.0 Å². The van der Waals surface area contributed by atoms with Gasteiger partial charge in [-0.15, -0.1) is 11.3 Å². The van der Waals surface area contributed by atoms with Crippen molar-refractivity contribution in [3.05, 3.63) is 88.7 Å². The zero-order valence-electron chi connectivity index (χ0n) is 15.9. The zero-order valence-corrected chi connectivity index (χ0v) is 18.3. The molecular weight excluding hydrogens is 458 g/mol. The molecule has 11 heteroatoms. The van der Waals surface area contributed by atoms with Crippen LogP contribution < -0.4 is 10.0 Å². The Labute approximate surface area is 187 Å². The molecule has 158 valence electrons. The summed E-state index contributed by atoms with van der Waals surface area (Å²) in [5.41, 5.74) is 1.93. The van der Waals surface area contributed by atoms with Crippen LogP contribution in [0.5, 0.6) is 0 Å². The number of nitrogens with zero attached hydrogens (tertiary/aromatic N) is 3. The molecule has 0 fully saturated rings. The molecule has 0 atom stereocenters. The Hall–Kier alpha value is -3.21. The molecular formula is C20H16ClN5O3S2. The predicted octanol–water partition coefficient (Wildman–Crippen LogP) is 4.09. The molecule has 0 aliphatic heterocycles. The number of benzene rings is 2. The molecule has 0 bridgehead atoms. The van der Waals surface area contributed by atoms with Crippen LogP contribution in [-0.2, 0) is 16.6 Å². The van der Waals surface area contributed by atoms with Crippen molar-refractivity contribution in [1.82, 2.24) is 14.8 Å². The second kappa shape index (κ2) is 8.88. The molecule has 0 aliphatic rings. The number of sulfonamides is 1. The van der Waals surface area contributed by atoms with Gasteiger partial charge in [0.25, 0.3) is 15.9 Å². The summed E-state index contributed by atoms with van der Waals surface area (Å²) in [5.74, 6) is -0.301. The van der Waals surface area contributed by atoms with E-state index in [1.807, 2.05) is 12.1 Å². The molecule has 0 saturated carbocycles. The van der Waals surface area contributed by atoms with Crippen LogP contribution in [0.3, 0.4) is 0 Å². The molecule has 2 heterocycles. The molecule has 0 unspecified atom stereocenters. The number of hydrogen-bond donors (Lipinski definition) is 2. The van der Waals surface area contributed by atoms with E-state index in [1.165, 1.54) is 41.8 Å². The summed E-state index contributed by atoms with van der Waals surface area (Å²) < 4.78 is 28.9. The van der Waals surface area contributed by atoms with Crippen LogP contribution in [0.2, 0.25) is 5.02 Å². The van der Waals surface area contributed by atoms with Gasteiger partial charge in [-0.1, -0.05) is 23.7 Å². The summed E-state index contributed by atoms with van der Waals surface area (Å²) in [6, 6.07) is 13.0. The maximum atomic E-state index is 12.5. The molecule has 8 nitrogen and oxygen atoms in total. The molecule has 4 rings (SSSR count). The van der Waals surface area contributed by atoms with Gasteiger partial charge in [-0.05, 0) is 42.0 Å². The van der Waals surface area contributed by atoms with E-state index in [1.54, 1.807) is 34.6 Å². The Morgan fingerprint density at radius 1 is 1.10 bits per heavy atom. The van der Waals surface area contributed by atoms with E-state index in [4.69, 9.17) is 11.6 Å². The van der Waals surface area contributed by atoms with E-state index in [2.05, 4.69) is 20.1 Å². The van der Waals surface area contributed by atoms with Crippen LogP contribution in [-0.4, -0.2) is 29.1 Å². The summed E-state index contributed by atoms with van der Waals surface area (Å²) in [6.07, 6.45) is 4.80. The van der Waals surface area contributed by atoms with Crippen LogP contribution in [0, 0.1) is 0 Å². The monoisotopic (exact) mass is 473 g/mol. The summed E-state index contributed by atoms with van der Waals surface area (Å²) in [6.45, 7) is 0.541. The van der Waals surface area contributed by atoms with E-state index >= 15 is 0 Å². The van der Waals surface area contributed by atoms with Gasteiger partial charge in [0.2, 0.25) is 0 Å². The third kappa shape index (κ3) is 5.29. The average Bonchev–Trinajstić information content (AvgIpc) is 3.40. The fourth-order valence-electron chi connectivity index (χ4n) is 2.74. The number of amides is 1. The second-order valence-corrected chi connectivity index (χ2v) is 9.49. The Bertz CT molecular complexity index is 1290. The Morgan fingerprint density at radius 3 is 2.45 bits per heavy atom. The van der Waals surface area contributed by atoms with Crippen LogP contribution in [0.25, 0.3) is 0 Å². The van der Waals surface area contributed by atoms with Gasteiger partial charge in [-0.25, -0.2) is 13.4 Å². The Kier molecular flexibility index (Phi) is 6.03. The molecule has 2 N–H and O–H groups in total. The molecule has 4 aromatic rings. The number of rotatable bonds is 7. The van der Waals surface area contributed by atoms with Crippen molar-refractivity contribution in [3.8, 4) is 0 Å². The number of carbonyl (C=O) groups is 1. The topological polar surface area (TPSA) is 106 Å². The van der Waals surface area contributed by atoms with Crippen molar-refractivity contribution in [2.24, 2.45) is 0 Å². The minimum Gasteiger partial charge on any atom is -0.322 e. The molecule has 0 saturated heterocycles. The fraction of sp³-hybridized carbons (Fsp3) is 0.0500. The van der Waals surface area contributed by atoms with Crippen LogP contribution in [0.4, 0.5) is 10.8 Å². The highest BCUT2D eigenvalue weighted by atomic mass is 35.5.